The number of likely N-dealkylation sites (N-methyl/N-ethyl adjacent to an activating group) is 1. The van der Waals surface area contributed by atoms with Crippen LogP contribution < -0.4 is 4.31 Å². The maximum absolute atomic E-state index is 13.2. The van der Waals surface area contributed by atoms with Gasteiger partial charge in [0.15, 0.2) is 0 Å². The van der Waals surface area contributed by atoms with Crippen LogP contribution in [-0.4, -0.2) is 32.8 Å². The Labute approximate surface area is 169 Å². The van der Waals surface area contributed by atoms with Crippen molar-refractivity contribution >= 4 is 21.6 Å². The second kappa shape index (κ2) is 8.48. The number of sulfonamides is 1. The van der Waals surface area contributed by atoms with Crippen LogP contribution in [-0.2, 0) is 21.4 Å². The van der Waals surface area contributed by atoms with Crippen molar-refractivity contribution in [2.75, 3.05) is 17.9 Å². The molecule has 3 rings (SSSR count). The normalized spacial score (nSPS) is 11.3. The third kappa shape index (κ3) is 4.83. The molecule has 29 heavy (non-hydrogen) atoms. The average molecular weight is 416 g/mol. The van der Waals surface area contributed by atoms with Gasteiger partial charge in [0.2, 0.25) is 5.91 Å². The average Bonchev–Trinajstić information content (AvgIpc) is 3.11. The molecule has 0 atom stereocenters. The molecular weight excluding hydrogens is 395 g/mol. The van der Waals surface area contributed by atoms with Gasteiger partial charge in [-0.1, -0.05) is 18.2 Å². The molecule has 0 saturated carbocycles. The quantitative estimate of drug-likeness (QED) is 0.590. The number of para-hydroxylation sites is 1. The van der Waals surface area contributed by atoms with Gasteiger partial charge in [0.05, 0.1) is 17.1 Å². The molecule has 0 aliphatic rings. The van der Waals surface area contributed by atoms with E-state index in [1.54, 1.807) is 56.4 Å². The van der Waals surface area contributed by atoms with Gasteiger partial charge in [0, 0.05) is 7.05 Å². The van der Waals surface area contributed by atoms with Gasteiger partial charge in [-0.05, 0) is 55.5 Å². The molecule has 0 aliphatic carbocycles. The fraction of sp³-hybridized carbons (Fsp3) is 0.190. The van der Waals surface area contributed by atoms with Crippen LogP contribution in [0.4, 0.5) is 10.1 Å². The van der Waals surface area contributed by atoms with Crippen molar-refractivity contribution in [1.82, 2.24) is 4.90 Å². The van der Waals surface area contributed by atoms with Crippen LogP contribution in [0, 0.1) is 12.7 Å². The predicted octanol–water partition coefficient (Wildman–Crippen LogP) is 3.58. The summed E-state index contributed by atoms with van der Waals surface area (Å²) in [5, 5.41) is 0. The van der Waals surface area contributed by atoms with Gasteiger partial charge in [-0.15, -0.1) is 0 Å². The summed E-state index contributed by atoms with van der Waals surface area (Å²) in [7, 11) is -2.50. The Kier molecular flexibility index (Phi) is 6.03. The highest BCUT2D eigenvalue weighted by Gasteiger charge is 2.28. The second-order valence-electron chi connectivity index (χ2n) is 6.56. The minimum Gasteiger partial charge on any atom is -0.464 e. The number of carbonyl (C=O) groups excluding carboxylic acids is 1. The van der Waals surface area contributed by atoms with Crippen molar-refractivity contribution in [3.05, 3.63) is 84.1 Å². The fourth-order valence-electron chi connectivity index (χ4n) is 2.78. The monoisotopic (exact) mass is 416 g/mol. The number of carbonyl (C=O) groups is 1. The molecule has 0 radical (unpaired) electrons. The first kappa shape index (κ1) is 20.6. The van der Waals surface area contributed by atoms with E-state index in [-0.39, 0.29) is 11.4 Å². The zero-order chi connectivity index (χ0) is 21.0. The Morgan fingerprint density at radius 2 is 1.66 bits per heavy atom. The largest absolute Gasteiger partial charge is 0.464 e. The zero-order valence-electron chi connectivity index (χ0n) is 16.1. The lowest BCUT2D eigenvalue weighted by atomic mass is 10.3. The molecule has 0 unspecified atom stereocenters. The minimum absolute atomic E-state index is 0.0973. The van der Waals surface area contributed by atoms with E-state index in [1.165, 1.54) is 17.0 Å². The number of hydrogen-bond acceptors (Lipinski definition) is 4. The molecule has 1 amide bonds. The van der Waals surface area contributed by atoms with Crippen LogP contribution in [0.5, 0.6) is 0 Å². The third-order valence-corrected chi connectivity index (χ3v) is 6.13. The van der Waals surface area contributed by atoms with Crippen LogP contribution in [0.15, 0.2) is 76.0 Å². The Morgan fingerprint density at radius 1 is 1.00 bits per heavy atom. The maximum Gasteiger partial charge on any atom is 0.264 e. The molecule has 3 aromatic rings. The maximum atomic E-state index is 13.2. The van der Waals surface area contributed by atoms with Crippen molar-refractivity contribution in [2.24, 2.45) is 0 Å². The fourth-order valence-corrected chi connectivity index (χ4v) is 4.19. The molecule has 0 bridgehead atoms. The van der Waals surface area contributed by atoms with Gasteiger partial charge in [0.1, 0.15) is 23.9 Å². The number of benzene rings is 2. The lowest BCUT2D eigenvalue weighted by Crippen LogP contribution is -2.41. The van der Waals surface area contributed by atoms with Gasteiger partial charge in [-0.2, -0.15) is 0 Å². The highest BCUT2D eigenvalue weighted by Crippen LogP contribution is 2.24. The number of halogens is 1. The van der Waals surface area contributed by atoms with Crippen LogP contribution in [0.3, 0.4) is 0 Å². The number of anilines is 1. The molecule has 0 N–H and O–H groups in total. The predicted molar refractivity (Wildman–Crippen MR) is 107 cm³/mol. The first-order valence-electron chi connectivity index (χ1n) is 8.90. The van der Waals surface area contributed by atoms with E-state index in [0.717, 1.165) is 22.2 Å². The summed E-state index contributed by atoms with van der Waals surface area (Å²) < 4.78 is 46.1. The van der Waals surface area contributed by atoms with E-state index in [4.69, 9.17) is 4.42 Å². The topological polar surface area (TPSA) is 70.8 Å². The molecule has 152 valence electrons. The van der Waals surface area contributed by atoms with E-state index < -0.39 is 28.3 Å². The summed E-state index contributed by atoms with van der Waals surface area (Å²) >= 11 is 0. The Bertz CT molecular complexity index is 1080. The minimum atomic E-state index is -4.07. The van der Waals surface area contributed by atoms with E-state index in [0.29, 0.717) is 11.4 Å². The summed E-state index contributed by atoms with van der Waals surface area (Å²) in [4.78, 5) is 14.1. The molecule has 1 aromatic heterocycles. The van der Waals surface area contributed by atoms with E-state index >= 15 is 0 Å². The zero-order valence-corrected chi connectivity index (χ0v) is 16.9. The molecule has 0 spiro atoms. The van der Waals surface area contributed by atoms with Gasteiger partial charge in [-0.3, -0.25) is 9.10 Å². The van der Waals surface area contributed by atoms with Crippen LogP contribution in [0.1, 0.15) is 11.5 Å². The SMILES string of the molecule is Cc1ccc(CN(C)C(=O)CN(c2ccccc2)S(=O)(=O)c2ccc(F)cc2)o1. The van der Waals surface area contributed by atoms with Gasteiger partial charge in [-0.25, -0.2) is 12.8 Å². The smallest absolute Gasteiger partial charge is 0.264 e. The summed E-state index contributed by atoms with van der Waals surface area (Å²) in [5.41, 5.74) is 0.340. The number of hydrogen-bond donors (Lipinski definition) is 0. The lowest BCUT2D eigenvalue weighted by molar-refractivity contribution is -0.129. The highest BCUT2D eigenvalue weighted by atomic mass is 32.2. The molecule has 6 nitrogen and oxygen atoms in total. The molecule has 1 heterocycles. The van der Waals surface area contributed by atoms with Gasteiger partial charge < -0.3 is 9.32 Å². The highest BCUT2D eigenvalue weighted by molar-refractivity contribution is 7.92. The summed E-state index contributed by atoms with van der Waals surface area (Å²) in [6.07, 6.45) is 0. The summed E-state index contributed by atoms with van der Waals surface area (Å²) in [6, 6.07) is 16.4. The number of amides is 1. The summed E-state index contributed by atoms with van der Waals surface area (Å²) in [6.45, 7) is 1.61. The van der Waals surface area contributed by atoms with E-state index in [2.05, 4.69) is 0 Å². The van der Waals surface area contributed by atoms with E-state index in [9.17, 15) is 17.6 Å². The van der Waals surface area contributed by atoms with Gasteiger partial charge >= 0.3 is 0 Å². The van der Waals surface area contributed by atoms with Crippen LogP contribution >= 0.6 is 0 Å². The summed E-state index contributed by atoms with van der Waals surface area (Å²) in [5.74, 6) is 0.380. The number of furan rings is 1. The van der Waals surface area contributed by atoms with E-state index in [1.807, 2.05) is 0 Å². The molecule has 0 aliphatic heterocycles. The van der Waals surface area contributed by atoms with Crippen molar-refractivity contribution in [3.63, 3.8) is 0 Å². The molecule has 2 aromatic carbocycles. The second-order valence-corrected chi connectivity index (χ2v) is 8.43. The number of aryl methyl sites for hydroxylation is 1. The Hall–Kier alpha value is -3.13. The first-order chi connectivity index (χ1) is 13.8. The standard InChI is InChI=1S/C21H21FN2O4S/c1-16-8-11-19(28-16)14-23(2)21(25)15-24(18-6-4-3-5-7-18)29(26,27)20-12-9-17(22)10-13-20/h3-13H,14-15H2,1-2H3. The Morgan fingerprint density at radius 3 is 2.24 bits per heavy atom. The van der Waals surface area contributed by atoms with Crippen molar-refractivity contribution in [2.45, 2.75) is 18.4 Å². The van der Waals surface area contributed by atoms with Crippen LogP contribution in [0.25, 0.3) is 0 Å². The third-order valence-electron chi connectivity index (χ3n) is 4.34. The van der Waals surface area contributed by atoms with Crippen LogP contribution in [0.2, 0.25) is 0 Å². The molecule has 0 fully saturated rings. The molecule has 8 heteroatoms. The lowest BCUT2D eigenvalue weighted by Gasteiger charge is -2.26. The molecule has 0 saturated heterocycles. The Balaban J connectivity index is 1.88. The van der Waals surface area contributed by atoms with Gasteiger partial charge in [0.25, 0.3) is 10.0 Å². The van der Waals surface area contributed by atoms with Crippen molar-refractivity contribution in [1.29, 1.82) is 0 Å². The van der Waals surface area contributed by atoms with Crippen molar-refractivity contribution in [3.8, 4) is 0 Å². The molecular formula is C21H21FN2O4S. The van der Waals surface area contributed by atoms with Crippen molar-refractivity contribution < 1.29 is 22.0 Å². The number of nitrogens with zero attached hydrogens (tertiary/aromatic N) is 2. The number of rotatable bonds is 7. The first-order valence-corrected chi connectivity index (χ1v) is 10.3.